The average Bonchev–Trinajstić information content (AvgIpc) is 3.78. The topological polar surface area (TPSA) is 33.6 Å². The van der Waals surface area contributed by atoms with E-state index in [9.17, 15) is 5.26 Å². The summed E-state index contributed by atoms with van der Waals surface area (Å²) in [7, 11) is 0. The van der Waals surface area contributed by atoms with Crippen molar-refractivity contribution in [3.63, 3.8) is 0 Å². The average molecular weight is 816 g/mol. The van der Waals surface area contributed by atoms with E-state index in [2.05, 4.69) is 127 Å². The summed E-state index contributed by atoms with van der Waals surface area (Å²) in [6.45, 7) is 37.2. The Morgan fingerprint density at radius 3 is 0.967 bits per heavy atom. The van der Waals surface area contributed by atoms with Crippen LogP contribution >= 0.6 is 0 Å². The molecule has 3 nitrogen and oxygen atoms in total. The summed E-state index contributed by atoms with van der Waals surface area (Å²) in [4.78, 5) is 0. The molecular weight excluding hydrogens is 760 g/mol. The Morgan fingerprint density at radius 2 is 0.689 bits per heavy atom. The second kappa shape index (κ2) is 13.9. The van der Waals surface area contributed by atoms with Crippen molar-refractivity contribution in [1.29, 1.82) is 5.26 Å². The van der Waals surface area contributed by atoms with Gasteiger partial charge in [-0.2, -0.15) is 18.4 Å². The van der Waals surface area contributed by atoms with Crippen molar-refractivity contribution in [2.45, 2.75) is 124 Å². The molecule has 6 heteroatoms. The summed E-state index contributed by atoms with van der Waals surface area (Å²) >= 11 is 0. The number of fused-ring (bicyclic) bond motifs is 6. The Bertz CT molecular complexity index is 3020. The van der Waals surface area contributed by atoms with Gasteiger partial charge in [-0.15, -0.1) is 0 Å². The number of alkyl halides is 3. The van der Waals surface area contributed by atoms with E-state index >= 15 is 13.2 Å². The quantitative estimate of drug-likeness (QED) is 0.175. The minimum Gasteiger partial charge on any atom is -0.308 e. The Balaban J connectivity index is 1.72. The fraction of sp³-hybridized carbons (Fsp3) is 0.327. The maximum atomic E-state index is 15.3. The van der Waals surface area contributed by atoms with Gasteiger partial charge in [0, 0.05) is 21.5 Å². The number of aromatic nitrogens is 2. The van der Waals surface area contributed by atoms with Gasteiger partial charge >= 0.3 is 6.18 Å². The molecule has 0 aliphatic rings. The molecule has 0 radical (unpaired) electrons. The first-order valence-electron chi connectivity index (χ1n) is 21.3. The summed E-state index contributed by atoms with van der Waals surface area (Å²) in [6.07, 6.45) is -4.71. The predicted molar refractivity (Wildman–Crippen MR) is 251 cm³/mol. The standard InChI is InChI=1S/C55H56F3N3/c1-24-28(5)36(13)51-47(32(24)9)48-33(10)25(2)29(6)37(14)52(48)60(51)45-21-42(43-19-18-41(23-59)20-44(43)55(56,57)58)22-46(40(45)17)61-53-38(15)30(7)26(3)34(11)49(53)50-35(12)27(4)31(8)39(16)54(50)61/h18-22H,1-17H3. The van der Waals surface area contributed by atoms with Gasteiger partial charge in [-0.25, -0.2) is 0 Å². The van der Waals surface area contributed by atoms with Crippen LogP contribution in [0.4, 0.5) is 13.2 Å². The van der Waals surface area contributed by atoms with E-state index in [0.29, 0.717) is 5.56 Å². The SMILES string of the molecule is Cc1c(-n2c3c(C)c(C)c(C)c(C)c3c3c(C)c(C)c(C)c(C)c32)cc(-c2ccc(C#N)cc2C(F)(F)F)cc1-n1c2c(C)c(C)c(C)c(C)c2c2c(C)c(C)c(C)c(C)c21. The minimum atomic E-state index is -4.71. The first kappa shape index (κ1) is 41.9. The molecular formula is C55H56F3N3. The molecule has 8 aromatic rings. The van der Waals surface area contributed by atoms with Gasteiger partial charge in [0.2, 0.25) is 0 Å². The molecule has 0 aliphatic carbocycles. The summed E-state index contributed by atoms with van der Waals surface area (Å²) in [5.74, 6) is 0. The highest BCUT2D eigenvalue weighted by atomic mass is 19.4. The molecule has 0 unspecified atom stereocenters. The second-order valence-electron chi connectivity index (χ2n) is 18.1. The van der Waals surface area contributed by atoms with Gasteiger partial charge in [0.15, 0.2) is 0 Å². The molecule has 0 aliphatic heterocycles. The number of halogens is 3. The molecule has 0 atom stereocenters. The molecule has 2 aromatic heterocycles. The lowest BCUT2D eigenvalue weighted by molar-refractivity contribution is -0.137. The van der Waals surface area contributed by atoms with Gasteiger partial charge < -0.3 is 9.13 Å². The van der Waals surface area contributed by atoms with Crippen molar-refractivity contribution in [2.75, 3.05) is 0 Å². The van der Waals surface area contributed by atoms with Crippen LogP contribution in [0.1, 0.15) is 106 Å². The van der Waals surface area contributed by atoms with E-state index in [1.165, 1.54) is 100 Å². The van der Waals surface area contributed by atoms with Crippen molar-refractivity contribution < 1.29 is 13.2 Å². The molecule has 0 fully saturated rings. The first-order chi connectivity index (χ1) is 28.5. The number of benzene rings is 6. The van der Waals surface area contributed by atoms with E-state index in [1.54, 1.807) is 0 Å². The van der Waals surface area contributed by atoms with Crippen LogP contribution in [0.15, 0.2) is 30.3 Å². The zero-order valence-corrected chi connectivity index (χ0v) is 38.9. The highest BCUT2D eigenvalue weighted by molar-refractivity contribution is 6.17. The molecule has 312 valence electrons. The Labute approximate surface area is 358 Å². The summed E-state index contributed by atoms with van der Waals surface area (Å²) in [6, 6.07) is 9.87. The maximum Gasteiger partial charge on any atom is 0.417 e. The molecule has 0 saturated carbocycles. The molecule has 0 amide bonds. The molecule has 0 spiro atoms. The van der Waals surface area contributed by atoms with Crippen LogP contribution in [0.5, 0.6) is 0 Å². The van der Waals surface area contributed by atoms with Crippen LogP contribution in [0.3, 0.4) is 0 Å². The maximum absolute atomic E-state index is 15.3. The van der Waals surface area contributed by atoms with Crippen LogP contribution < -0.4 is 0 Å². The van der Waals surface area contributed by atoms with Crippen molar-refractivity contribution >= 4 is 43.6 Å². The van der Waals surface area contributed by atoms with Gasteiger partial charge in [-0.05, 0) is 248 Å². The van der Waals surface area contributed by atoms with E-state index < -0.39 is 11.7 Å². The third-order valence-electron chi connectivity index (χ3n) is 15.6. The van der Waals surface area contributed by atoms with Crippen molar-refractivity contribution in [3.8, 4) is 28.6 Å². The molecule has 6 aromatic carbocycles. The molecule has 61 heavy (non-hydrogen) atoms. The van der Waals surface area contributed by atoms with Crippen LogP contribution in [0.25, 0.3) is 66.1 Å². The third-order valence-corrected chi connectivity index (χ3v) is 15.6. The van der Waals surface area contributed by atoms with Gasteiger partial charge in [0.05, 0.1) is 50.6 Å². The number of aryl methyl sites for hydroxylation is 8. The minimum absolute atomic E-state index is 0.0313. The van der Waals surface area contributed by atoms with Crippen LogP contribution in [0, 0.1) is 129 Å². The van der Waals surface area contributed by atoms with Gasteiger partial charge in [-0.1, -0.05) is 6.07 Å². The Hall–Kier alpha value is -5.80. The zero-order valence-electron chi connectivity index (χ0n) is 38.9. The van der Waals surface area contributed by atoms with Crippen LogP contribution in [-0.2, 0) is 6.18 Å². The number of nitrogens with zero attached hydrogens (tertiary/aromatic N) is 3. The normalized spacial score (nSPS) is 12.2. The lowest BCUT2D eigenvalue weighted by atomic mass is 9.90. The second-order valence-corrected chi connectivity index (χ2v) is 18.1. The smallest absolute Gasteiger partial charge is 0.308 e. The first-order valence-corrected chi connectivity index (χ1v) is 21.3. The van der Waals surface area contributed by atoms with Gasteiger partial charge in [0.1, 0.15) is 0 Å². The molecule has 2 heterocycles. The lowest BCUT2D eigenvalue weighted by Gasteiger charge is -2.24. The van der Waals surface area contributed by atoms with Crippen LogP contribution in [0.2, 0.25) is 0 Å². The van der Waals surface area contributed by atoms with Gasteiger partial charge in [-0.3, -0.25) is 0 Å². The lowest BCUT2D eigenvalue weighted by Crippen LogP contribution is -2.10. The zero-order chi connectivity index (χ0) is 44.8. The summed E-state index contributed by atoms with van der Waals surface area (Å²) < 4.78 is 50.7. The van der Waals surface area contributed by atoms with Crippen LogP contribution in [-0.4, -0.2) is 9.13 Å². The highest BCUT2D eigenvalue weighted by Gasteiger charge is 2.35. The summed E-state index contributed by atoms with van der Waals surface area (Å²) in [5.41, 5.74) is 25.8. The van der Waals surface area contributed by atoms with E-state index in [4.69, 9.17) is 0 Å². The predicted octanol–water partition coefficient (Wildman–Crippen LogP) is 15.7. The number of hydrogen-bond donors (Lipinski definition) is 0. The van der Waals surface area contributed by atoms with E-state index in [1.807, 2.05) is 18.2 Å². The summed E-state index contributed by atoms with van der Waals surface area (Å²) in [5, 5.41) is 14.6. The molecule has 0 saturated heterocycles. The van der Waals surface area contributed by atoms with Crippen molar-refractivity contribution in [2.24, 2.45) is 0 Å². The molecule has 0 bridgehead atoms. The molecule has 8 rings (SSSR count). The Kier molecular flexibility index (Phi) is 9.52. The third kappa shape index (κ3) is 5.54. The Morgan fingerprint density at radius 1 is 0.393 bits per heavy atom. The largest absolute Gasteiger partial charge is 0.417 e. The fourth-order valence-electron chi connectivity index (χ4n) is 10.6. The number of hydrogen-bond acceptors (Lipinski definition) is 1. The van der Waals surface area contributed by atoms with E-state index in [0.717, 1.165) is 67.3 Å². The monoisotopic (exact) mass is 815 g/mol. The van der Waals surface area contributed by atoms with Gasteiger partial charge in [0.25, 0.3) is 0 Å². The number of rotatable bonds is 3. The van der Waals surface area contributed by atoms with Crippen molar-refractivity contribution in [3.05, 3.63) is 136 Å². The highest BCUT2D eigenvalue weighted by Crippen LogP contribution is 2.49. The van der Waals surface area contributed by atoms with Crippen molar-refractivity contribution in [1.82, 2.24) is 9.13 Å². The number of nitriles is 1. The molecule has 0 N–H and O–H groups in total. The van der Waals surface area contributed by atoms with E-state index in [-0.39, 0.29) is 11.1 Å². The fourth-order valence-corrected chi connectivity index (χ4v) is 10.6.